The topological polar surface area (TPSA) is 20.3 Å². The highest BCUT2D eigenvalue weighted by molar-refractivity contribution is 7.99. The average molecular weight is 406 g/mol. The SMILES string of the molecule is O=C(c1ccc(Cl)cc1Cl)N1CCSC1c1cccc(C(F)(F)F)c1. The number of alkyl halides is 3. The van der Waals surface area contributed by atoms with Gasteiger partial charge < -0.3 is 4.90 Å². The van der Waals surface area contributed by atoms with E-state index in [4.69, 9.17) is 23.2 Å². The molecule has 132 valence electrons. The maximum atomic E-state index is 12.9. The highest BCUT2D eigenvalue weighted by Crippen LogP contribution is 2.41. The molecular formula is C17H12Cl2F3NOS. The lowest BCUT2D eigenvalue weighted by Gasteiger charge is -2.25. The van der Waals surface area contributed by atoms with Crippen molar-refractivity contribution in [2.24, 2.45) is 0 Å². The summed E-state index contributed by atoms with van der Waals surface area (Å²) in [5.74, 6) is 0.312. The molecule has 0 saturated carbocycles. The molecule has 1 unspecified atom stereocenters. The van der Waals surface area contributed by atoms with Crippen LogP contribution in [0, 0.1) is 0 Å². The van der Waals surface area contributed by atoms with E-state index in [1.54, 1.807) is 12.1 Å². The van der Waals surface area contributed by atoms with E-state index in [-0.39, 0.29) is 16.5 Å². The number of carbonyl (C=O) groups is 1. The van der Waals surface area contributed by atoms with Crippen LogP contribution in [0.3, 0.4) is 0 Å². The molecule has 2 aromatic carbocycles. The van der Waals surface area contributed by atoms with Crippen molar-refractivity contribution in [3.8, 4) is 0 Å². The first-order valence-electron chi connectivity index (χ1n) is 7.32. The maximum Gasteiger partial charge on any atom is 0.416 e. The first kappa shape index (κ1) is 18.4. The zero-order chi connectivity index (χ0) is 18.2. The third-order valence-corrected chi connectivity index (χ3v) is 5.62. The first-order chi connectivity index (χ1) is 11.8. The Labute approximate surface area is 156 Å². The van der Waals surface area contributed by atoms with E-state index in [2.05, 4.69) is 0 Å². The van der Waals surface area contributed by atoms with E-state index in [9.17, 15) is 18.0 Å². The Morgan fingerprint density at radius 2 is 1.92 bits per heavy atom. The monoisotopic (exact) mass is 405 g/mol. The van der Waals surface area contributed by atoms with Crippen molar-refractivity contribution in [3.05, 3.63) is 69.2 Å². The predicted octanol–water partition coefficient (Wildman–Crippen LogP) is 5.90. The first-order valence-corrected chi connectivity index (χ1v) is 9.12. The molecule has 3 rings (SSSR count). The predicted molar refractivity (Wildman–Crippen MR) is 94.1 cm³/mol. The lowest BCUT2D eigenvalue weighted by molar-refractivity contribution is -0.137. The van der Waals surface area contributed by atoms with Gasteiger partial charge in [-0.1, -0.05) is 35.3 Å². The van der Waals surface area contributed by atoms with Crippen LogP contribution in [0.1, 0.15) is 26.9 Å². The fourth-order valence-electron chi connectivity index (χ4n) is 2.64. The summed E-state index contributed by atoms with van der Waals surface area (Å²) >= 11 is 13.4. The Morgan fingerprint density at radius 1 is 1.16 bits per heavy atom. The molecule has 1 aliphatic heterocycles. The molecule has 0 radical (unpaired) electrons. The molecule has 0 aliphatic carbocycles. The highest BCUT2D eigenvalue weighted by atomic mass is 35.5. The zero-order valence-corrected chi connectivity index (χ0v) is 15.0. The van der Waals surface area contributed by atoms with E-state index < -0.39 is 17.1 Å². The fraction of sp³-hybridized carbons (Fsp3) is 0.235. The van der Waals surface area contributed by atoms with Crippen LogP contribution in [0.4, 0.5) is 13.2 Å². The van der Waals surface area contributed by atoms with Gasteiger partial charge in [-0.2, -0.15) is 13.2 Å². The van der Waals surface area contributed by atoms with Crippen molar-refractivity contribution in [3.63, 3.8) is 0 Å². The minimum atomic E-state index is -4.42. The molecule has 0 bridgehead atoms. The number of carbonyl (C=O) groups excluding carboxylic acids is 1. The average Bonchev–Trinajstić information content (AvgIpc) is 3.03. The summed E-state index contributed by atoms with van der Waals surface area (Å²) in [5.41, 5.74) is -0.00396. The maximum absolute atomic E-state index is 12.9. The normalized spacial score (nSPS) is 17.8. The van der Waals surface area contributed by atoms with Gasteiger partial charge in [-0.3, -0.25) is 4.79 Å². The van der Waals surface area contributed by atoms with Crippen molar-refractivity contribution < 1.29 is 18.0 Å². The smallest absolute Gasteiger partial charge is 0.322 e. The summed E-state index contributed by atoms with van der Waals surface area (Å²) in [6.45, 7) is 0.434. The molecule has 0 spiro atoms. The van der Waals surface area contributed by atoms with Gasteiger partial charge in [0, 0.05) is 17.3 Å². The number of amides is 1. The minimum Gasteiger partial charge on any atom is -0.322 e. The molecule has 2 nitrogen and oxygen atoms in total. The van der Waals surface area contributed by atoms with Gasteiger partial charge in [-0.25, -0.2) is 0 Å². The molecule has 0 N–H and O–H groups in total. The van der Waals surface area contributed by atoms with Crippen LogP contribution in [-0.4, -0.2) is 23.1 Å². The second-order valence-electron chi connectivity index (χ2n) is 5.47. The molecule has 2 aromatic rings. The number of thioether (sulfide) groups is 1. The van der Waals surface area contributed by atoms with Crippen molar-refractivity contribution in [1.82, 2.24) is 4.90 Å². The van der Waals surface area contributed by atoms with Crippen LogP contribution in [-0.2, 0) is 6.18 Å². The Morgan fingerprint density at radius 3 is 2.60 bits per heavy atom. The highest BCUT2D eigenvalue weighted by Gasteiger charge is 2.35. The molecule has 1 heterocycles. The Bertz CT molecular complexity index is 813. The molecule has 1 fully saturated rings. The van der Waals surface area contributed by atoms with Crippen molar-refractivity contribution in [1.29, 1.82) is 0 Å². The summed E-state index contributed by atoms with van der Waals surface area (Å²) in [7, 11) is 0. The molecular weight excluding hydrogens is 394 g/mol. The van der Waals surface area contributed by atoms with Crippen molar-refractivity contribution >= 4 is 40.9 Å². The van der Waals surface area contributed by atoms with Crippen LogP contribution in [0.25, 0.3) is 0 Å². The second-order valence-corrected chi connectivity index (χ2v) is 7.50. The number of rotatable bonds is 2. The molecule has 0 aromatic heterocycles. The molecule has 1 amide bonds. The summed E-state index contributed by atoms with van der Waals surface area (Å²) in [6.07, 6.45) is -4.42. The number of benzene rings is 2. The third kappa shape index (κ3) is 3.91. The van der Waals surface area contributed by atoms with Crippen LogP contribution in [0.5, 0.6) is 0 Å². The van der Waals surface area contributed by atoms with Gasteiger partial charge in [0.15, 0.2) is 0 Å². The summed E-state index contributed by atoms with van der Waals surface area (Å²) in [5, 5.41) is 0.144. The van der Waals surface area contributed by atoms with Gasteiger partial charge >= 0.3 is 6.18 Å². The Hall–Kier alpha value is -1.37. The van der Waals surface area contributed by atoms with Gasteiger partial charge in [0.25, 0.3) is 5.91 Å². The summed E-state index contributed by atoms with van der Waals surface area (Å²) in [6, 6.07) is 9.62. The number of halogens is 5. The van der Waals surface area contributed by atoms with Crippen LogP contribution in [0.15, 0.2) is 42.5 Å². The standard InChI is InChI=1S/C17H12Cl2F3NOS/c18-12-4-5-13(14(19)9-12)15(24)23-6-7-25-16(23)10-2-1-3-11(8-10)17(20,21)22/h1-5,8-9,16H,6-7H2. The summed E-state index contributed by atoms with van der Waals surface area (Å²) < 4.78 is 38.8. The third-order valence-electron chi connectivity index (χ3n) is 3.81. The van der Waals surface area contributed by atoms with E-state index >= 15 is 0 Å². The number of nitrogens with zero attached hydrogens (tertiary/aromatic N) is 1. The zero-order valence-electron chi connectivity index (χ0n) is 12.7. The quantitative estimate of drug-likeness (QED) is 0.619. The van der Waals surface area contributed by atoms with Gasteiger partial charge in [-0.15, -0.1) is 11.8 Å². The lowest BCUT2D eigenvalue weighted by atomic mass is 10.1. The number of hydrogen-bond acceptors (Lipinski definition) is 2. The Balaban J connectivity index is 1.92. The van der Waals surface area contributed by atoms with Gasteiger partial charge in [-0.05, 0) is 35.9 Å². The largest absolute Gasteiger partial charge is 0.416 e. The molecule has 1 aliphatic rings. The van der Waals surface area contributed by atoms with Crippen LogP contribution in [0.2, 0.25) is 10.0 Å². The molecule has 1 atom stereocenters. The second kappa shape index (κ2) is 7.09. The van der Waals surface area contributed by atoms with Crippen molar-refractivity contribution in [2.45, 2.75) is 11.6 Å². The summed E-state index contributed by atoms with van der Waals surface area (Å²) in [4.78, 5) is 14.3. The van der Waals surface area contributed by atoms with Gasteiger partial charge in [0.2, 0.25) is 0 Å². The fourth-order valence-corrected chi connectivity index (χ4v) is 4.38. The molecule has 25 heavy (non-hydrogen) atoms. The minimum absolute atomic E-state index is 0.220. The van der Waals surface area contributed by atoms with Crippen molar-refractivity contribution in [2.75, 3.05) is 12.3 Å². The number of hydrogen-bond donors (Lipinski definition) is 0. The van der Waals surface area contributed by atoms with Gasteiger partial charge in [0.05, 0.1) is 16.1 Å². The van der Waals surface area contributed by atoms with E-state index in [1.165, 1.54) is 34.9 Å². The molecule has 1 saturated heterocycles. The molecule has 8 heteroatoms. The van der Waals surface area contributed by atoms with Crippen LogP contribution < -0.4 is 0 Å². The Kier molecular flexibility index (Phi) is 5.23. The van der Waals surface area contributed by atoms with Crippen LogP contribution >= 0.6 is 35.0 Å². The van der Waals surface area contributed by atoms with E-state index in [0.29, 0.717) is 22.9 Å². The van der Waals surface area contributed by atoms with E-state index in [1.807, 2.05) is 0 Å². The van der Waals surface area contributed by atoms with E-state index in [0.717, 1.165) is 12.1 Å². The lowest BCUT2D eigenvalue weighted by Crippen LogP contribution is -2.30. The van der Waals surface area contributed by atoms with Gasteiger partial charge in [0.1, 0.15) is 5.37 Å².